The van der Waals surface area contributed by atoms with Crippen LogP contribution in [0, 0.1) is 19.7 Å². The van der Waals surface area contributed by atoms with Crippen molar-refractivity contribution in [2.75, 3.05) is 11.1 Å². The van der Waals surface area contributed by atoms with Crippen molar-refractivity contribution in [3.8, 4) is 5.75 Å². The number of hydrogen-bond acceptors (Lipinski definition) is 3. The first-order valence-electron chi connectivity index (χ1n) is 6.96. The van der Waals surface area contributed by atoms with Gasteiger partial charge in [-0.05, 0) is 51.0 Å². The third-order valence-corrected chi connectivity index (χ3v) is 2.97. The minimum atomic E-state index is -0.452. The molecule has 0 aliphatic rings. The van der Waals surface area contributed by atoms with Gasteiger partial charge in [-0.2, -0.15) is 0 Å². The van der Waals surface area contributed by atoms with E-state index >= 15 is 0 Å². The van der Waals surface area contributed by atoms with Crippen LogP contribution in [0.15, 0.2) is 30.3 Å². The second kappa shape index (κ2) is 6.04. The number of benzene rings is 2. The summed E-state index contributed by atoms with van der Waals surface area (Å²) >= 11 is 0. The maximum Gasteiger partial charge on any atom is 0.167 e. The third kappa shape index (κ3) is 3.88. The standard InChI is InChI=1S/C17H21FN2O/c1-10(2)21-17-9-16(15(19)8-14(17)18)20-13-6-11(3)5-12(4)7-13/h5-10,20H,19H2,1-4H3. The van der Waals surface area contributed by atoms with Crippen molar-refractivity contribution in [3.05, 3.63) is 47.3 Å². The summed E-state index contributed by atoms with van der Waals surface area (Å²) in [5.41, 5.74) is 10.1. The van der Waals surface area contributed by atoms with Gasteiger partial charge in [0.25, 0.3) is 0 Å². The molecule has 0 aliphatic heterocycles. The van der Waals surface area contributed by atoms with E-state index in [2.05, 4.69) is 11.4 Å². The van der Waals surface area contributed by atoms with E-state index in [-0.39, 0.29) is 11.9 Å². The van der Waals surface area contributed by atoms with E-state index in [1.807, 2.05) is 39.8 Å². The van der Waals surface area contributed by atoms with Crippen LogP contribution in [-0.4, -0.2) is 6.10 Å². The predicted molar refractivity (Wildman–Crippen MR) is 85.8 cm³/mol. The number of anilines is 3. The molecule has 3 N–H and O–H groups in total. The van der Waals surface area contributed by atoms with Gasteiger partial charge in [0.05, 0.1) is 17.5 Å². The summed E-state index contributed by atoms with van der Waals surface area (Å²) in [4.78, 5) is 0. The van der Waals surface area contributed by atoms with Crippen molar-refractivity contribution in [2.24, 2.45) is 0 Å². The van der Waals surface area contributed by atoms with E-state index in [1.54, 1.807) is 6.07 Å². The highest BCUT2D eigenvalue weighted by Crippen LogP contribution is 2.31. The average Bonchev–Trinajstić information content (AvgIpc) is 2.33. The highest BCUT2D eigenvalue weighted by molar-refractivity contribution is 5.74. The highest BCUT2D eigenvalue weighted by Gasteiger charge is 2.11. The molecule has 2 aromatic carbocycles. The molecule has 3 nitrogen and oxygen atoms in total. The largest absolute Gasteiger partial charge is 0.488 e. The molecule has 0 saturated carbocycles. The Morgan fingerprint density at radius 3 is 2.24 bits per heavy atom. The fraction of sp³-hybridized carbons (Fsp3) is 0.294. The molecule has 0 amide bonds. The maximum atomic E-state index is 13.8. The van der Waals surface area contributed by atoms with Crippen molar-refractivity contribution in [3.63, 3.8) is 0 Å². The highest BCUT2D eigenvalue weighted by atomic mass is 19.1. The minimum Gasteiger partial charge on any atom is -0.488 e. The van der Waals surface area contributed by atoms with Crippen LogP contribution in [0.4, 0.5) is 21.5 Å². The van der Waals surface area contributed by atoms with Gasteiger partial charge in [0.1, 0.15) is 0 Å². The Kier molecular flexibility index (Phi) is 4.36. The topological polar surface area (TPSA) is 47.3 Å². The Morgan fingerprint density at radius 1 is 1.05 bits per heavy atom. The molecule has 0 fully saturated rings. The SMILES string of the molecule is Cc1cc(C)cc(Nc2cc(OC(C)C)c(F)cc2N)c1. The van der Waals surface area contributed by atoms with E-state index < -0.39 is 5.82 Å². The quantitative estimate of drug-likeness (QED) is 0.811. The average molecular weight is 288 g/mol. The smallest absolute Gasteiger partial charge is 0.167 e. The molecule has 0 spiro atoms. The molecule has 0 heterocycles. The zero-order valence-electron chi connectivity index (χ0n) is 12.8. The van der Waals surface area contributed by atoms with Gasteiger partial charge in [0.2, 0.25) is 0 Å². The van der Waals surface area contributed by atoms with E-state index in [1.165, 1.54) is 6.07 Å². The maximum absolute atomic E-state index is 13.8. The second-order valence-electron chi connectivity index (χ2n) is 5.54. The van der Waals surface area contributed by atoms with E-state index in [4.69, 9.17) is 10.5 Å². The summed E-state index contributed by atoms with van der Waals surface area (Å²) in [6.07, 6.45) is -0.0998. The summed E-state index contributed by atoms with van der Waals surface area (Å²) in [5, 5.41) is 3.22. The fourth-order valence-electron chi connectivity index (χ4n) is 2.22. The Bertz CT molecular complexity index is 633. The molecule has 0 saturated heterocycles. The van der Waals surface area contributed by atoms with Crippen LogP contribution in [-0.2, 0) is 0 Å². The Labute approximate surface area is 124 Å². The van der Waals surface area contributed by atoms with Gasteiger partial charge >= 0.3 is 0 Å². The lowest BCUT2D eigenvalue weighted by molar-refractivity contribution is 0.231. The molecule has 0 radical (unpaired) electrons. The van der Waals surface area contributed by atoms with Crippen molar-refractivity contribution >= 4 is 17.1 Å². The van der Waals surface area contributed by atoms with E-state index in [0.717, 1.165) is 16.8 Å². The fourth-order valence-corrected chi connectivity index (χ4v) is 2.22. The molecule has 112 valence electrons. The molecule has 0 aliphatic carbocycles. The third-order valence-electron chi connectivity index (χ3n) is 2.97. The summed E-state index contributed by atoms with van der Waals surface area (Å²) in [6.45, 7) is 7.76. The van der Waals surface area contributed by atoms with Gasteiger partial charge in [-0.15, -0.1) is 0 Å². The number of nitrogen functional groups attached to an aromatic ring is 1. The number of nitrogens with two attached hydrogens (primary N) is 1. The van der Waals surface area contributed by atoms with Gasteiger partial charge in [-0.3, -0.25) is 0 Å². The molecule has 0 atom stereocenters. The van der Waals surface area contributed by atoms with Gasteiger partial charge in [0.15, 0.2) is 11.6 Å². The molecule has 4 heteroatoms. The lowest BCUT2D eigenvalue weighted by Crippen LogP contribution is -2.08. The Morgan fingerprint density at radius 2 is 1.67 bits per heavy atom. The molecular formula is C17H21FN2O. The van der Waals surface area contributed by atoms with Crippen LogP contribution >= 0.6 is 0 Å². The van der Waals surface area contributed by atoms with Gasteiger partial charge < -0.3 is 15.8 Å². The summed E-state index contributed by atoms with van der Waals surface area (Å²) in [7, 11) is 0. The molecular weight excluding hydrogens is 267 g/mol. The second-order valence-corrected chi connectivity index (χ2v) is 5.54. The molecule has 21 heavy (non-hydrogen) atoms. The minimum absolute atomic E-state index is 0.0998. The van der Waals surface area contributed by atoms with Gasteiger partial charge in [-0.1, -0.05) is 6.07 Å². The van der Waals surface area contributed by atoms with Gasteiger partial charge in [0, 0.05) is 17.8 Å². The zero-order valence-corrected chi connectivity index (χ0v) is 12.8. The van der Waals surface area contributed by atoms with Gasteiger partial charge in [-0.25, -0.2) is 4.39 Å². The van der Waals surface area contributed by atoms with Crippen molar-refractivity contribution in [1.82, 2.24) is 0 Å². The molecule has 2 aromatic rings. The van der Waals surface area contributed by atoms with Crippen LogP contribution in [0.3, 0.4) is 0 Å². The number of halogens is 1. The van der Waals surface area contributed by atoms with Crippen molar-refractivity contribution in [2.45, 2.75) is 33.8 Å². The number of hydrogen-bond donors (Lipinski definition) is 2. The van der Waals surface area contributed by atoms with Crippen LogP contribution in [0.5, 0.6) is 5.75 Å². The van der Waals surface area contributed by atoms with E-state index in [9.17, 15) is 4.39 Å². The van der Waals surface area contributed by atoms with Crippen molar-refractivity contribution < 1.29 is 9.13 Å². The molecule has 2 rings (SSSR count). The van der Waals surface area contributed by atoms with Crippen LogP contribution in [0.2, 0.25) is 0 Å². The molecule has 0 bridgehead atoms. The summed E-state index contributed by atoms with van der Waals surface area (Å²) < 4.78 is 19.3. The predicted octanol–water partition coefficient (Wildman–Crippen LogP) is 4.56. The number of rotatable bonds is 4. The lowest BCUT2D eigenvalue weighted by atomic mass is 10.1. The van der Waals surface area contributed by atoms with Crippen LogP contribution in [0.1, 0.15) is 25.0 Å². The van der Waals surface area contributed by atoms with Crippen molar-refractivity contribution in [1.29, 1.82) is 0 Å². The summed E-state index contributed by atoms with van der Waals surface area (Å²) in [6, 6.07) is 9.00. The number of aryl methyl sites for hydroxylation is 2. The summed E-state index contributed by atoms with van der Waals surface area (Å²) in [5.74, 6) is -0.252. The Balaban J connectivity index is 2.34. The number of nitrogens with one attached hydrogen (secondary N) is 1. The first-order valence-corrected chi connectivity index (χ1v) is 6.96. The zero-order chi connectivity index (χ0) is 15.6. The Hall–Kier alpha value is -2.23. The monoisotopic (exact) mass is 288 g/mol. The normalized spacial score (nSPS) is 10.8. The molecule has 0 unspecified atom stereocenters. The number of ether oxygens (including phenoxy) is 1. The first kappa shape index (κ1) is 15.2. The lowest BCUT2D eigenvalue weighted by Gasteiger charge is -2.15. The van der Waals surface area contributed by atoms with Crippen LogP contribution < -0.4 is 15.8 Å². The molecule has 0 aromatic heterocycles. The van der Waals surface area contributed by atoms with Crippen LogP contribution in [0.25, 0.3) is 0 Å². The first-order chi connectivity index (χ1) is 9.85. The van der Waals surface area contributed by atoms with E-state index in [0.29, 0.717) is 11.4 Å².